The van der Waals surface area contributed by atoms with E-state index >= 15 is 0 Å². The lowest BCUT2D eigenvalue weighted by atomic mass is 9.85. The zero-order chi connectivity index (χ0) is 39.2. The van der Waals surface area contributed by atoms with Gasteiger partial charge in [-0.1, -0.05) is 142 Å². The van der Waals surface area contributed by atoms with Crippen molar-refractivity contribution >= 4 is 13.8 Å². The van der Waals surface area contributed by atoms with Crippen molar-refractivity contribution in [3.05, 3.63) is 12.2 Å². The van der Waals surface area contributed by atoms with E-state index in [9.17, 15) is 39.8 Å². The number of rotatable bonds is 35. The summed E-state index contributed by atoms with van der Waals surface area (Å²) in [5.41, 5.74) is 0. The second-order valence-corrected chi connectivity index (χ2v) is 16.3. The molecule has 13 heteroatoms. The Hall–Kier alpha value is -0.920. The molecule has 314 valence electrons. The number of allylic oxidation sites excluding steroid dienone is 2. The van der Waals surface area contributed by atoms with Gasteiger partial charge in [-0.05, 0) is 38.5 Å². The molecule has 0 saturated heterocycles. The summed E-state index contributed by atoms with van der Waals surface area (Å²) < 4.78 is 34.0. The summed E-state index contributed by atoms with van der Waals surface area (Å²) in [7, 11) is -5.01. The zero-order valence-corrected chi connectivity index (χ0v) is 34.0. The van der Waals surface area contributed by atoms with Crippen LogP contribution in [0, 0.1) is 0 Å². The van der Waals surface area contributed by atoms with Crippen LogP contribution < -0.4 is 0 Å². The Morgan fingerprint density at radius 3 is 1.49 bits per heavy atom. The minimum absolute atomic E-state index is 0.0762. The number of hydrogen-bond acceptors (Lipinski definition) is 11. The van der Waals surface area contributed by atoms with E-state index in [4.69, 9.17) is 18.5 Å². The molecule has 6 N–H and O–H groups in total. The van der Waals surface area contributed by atoms with Crippen LogP contribution in [-0.4, -0.2) is 98.9 Å². The van der Waals surface area contributed by atoms with E-state index in [0.717, 1.165) is 51.4 Å². The molecular weight excluding hydrogens is 703 g/mol. The molecule has 0 aliphatic heterocycles. The predicted octanol–water partition coefficient (Wildman–Crippen LogP) is 7.58. The molecule has 0 bridgehead atoms. The molecule has 1 fully saturated rings. The fraction of sp³-hybridized carbons (Fsp3) is 0.925. The third-order valence-corrected chi connectivity index (χ3v) is 10.9. The fourth-order valence-electron chi connectivity index (χ4n) is 6.47. The van der Waals surface area contributed by atoms with Gasteiger partial charge in [0.25, 0.3) is 0 Å². The average molecular weight is 781 g/mol. The molecule has 0 radical (unpaired) electrons. The lowest BCUT2D eigenvalue weighted by Gasteiger charge is -2.41. The molecule has 1 rings (SSSR count). The molecular formula is C40H77O12P. The first-order valence-corrected chi connectivity index (χ1v) is 22.5. The van der Waals surface area contributed by atoms with Gasteiger partial charge in [0.05, 0.1) is 13.2 Å². The lowest BCUT2D eigenvalue weighted by Crippen LogP contribution is -2.64. The van der Waals surface area contributed by atoms with Crippen LogP contribution in [0.25, 0.3) is 0 Å². The number of ether oxygens (including phenoxy) is 2. The van der Waals surface area contributed by atoms with Crippen molar-refractivity contribution in [1.29, 1.82) is 0 Å². The summed E-state index contributed by atoms with van der Waals surface area (Å²) in [6.45, 7) is 4.22. The third kappa shape index (κ3) is 25.1. The topological polar surface area (TPSA) is 192 Å². The smallest absolute Gasteiger partial charge is 0.457 e. The largest absolute Gasteiger partial charge is 0.472 e. The molecule has 12 nitrogen and oxygen atoms in total. The van der Waals surface area contributed by atoms with Crippen molar-refractivity contribution in [2.75, 3.05) is 19.8 Å². The number of carbonyl (C=O) groups is 1. The molecule has 1 aliphatic carbocycles. The van der Waals surface area contributed by atoms with Crippen LogP contribution in [0.5, 0.6) is 0 Å². The maximum atomic E-state index is 12.7. The average Bonchev–Trinajstić information content (AvgIpc) is 3.14. The maximum Gasteiger partial charge on any atom is 0.472 e. The van der Waals surface area contributed by atoms with Gasteiger partial charge < -0.3 is 39.9 Å². The Morgan fingerprint density at radius 2 is 1.00 bits per heavy atom. The Balaban J connectivity index is 2.42. The molecule has 6 atom stereocenters. The zero-order valence-electron chi connectivity index (χ0n) is 33.1. The van der Waals surface area contributed by atoms with E-state index in [2.05, 4.69) is 26.0 Å². The van der Waals surface area contributed by atoms with Crippen LogP contribution in [0.4, 0.5) is 0 Å². The first kappa shape index (κ1) is 50.1. The van der Waals surface area contributed by atoms with Gasteiger partial charge in [-0.15, -0.1) is 0 Å². The van der Waals surface area contributed by atoms with E-state index in [-0.39, 0.29) is 13.0 Å². The van der Waals surface area contributed by atoms with E-state index in [1.807, 2.05) is 0 Å². The van der Waals surface area contributed by atoms with Gasteiger partial charge in [-0.25, -0.2) is 4.57 Å². The van der Waals surface area contributed by atoms with Gasteiger partial charge in [0.15, 0.2) is 0 Å². The van der Waals surface area contributed by atoms with Gasteiger partial charge in [0, 0.05) is 13.0 Å². The Bertz CT molecular complexity index is 937. The van der Waals surface area contributed by atoms with Crippen molar-refractivity contribution in [3.63, 3.8) is 0 Å². The van der Waals surface area contributed by atoms with Crippen molar-refractivity contribution in [2.24, 2.45) is 0 Å². The van der Waals surface area contributed by atoms with Crippen molar-refractivity contribution < 1.29 is 58.3 Å². The molecule has 53 heavy (non-hydrogen) atoms. The van der Waals surface area contributed by atoms with Crippen LogP contribution in [0.1, 0.15) is 174 Å². The number of esters is 1. The second-order valence-electron chi connectivity index (χ2n) is 14.8. The van der Waals surface area contributed by atoms with Gasteiger partial charge in [0.2, 0.25) is 0 Å². The van der Waals surface area contributed by atoms with Crippen molar-refractivity contribution in [2.45, 2.75) is 217 Å². The summed E-state index contributed by atoms with van der Waals surface area (Å²) in [6, 6.07) is 0. The fourth-order valence-corrected chi connectivity index (χ4v) is 7.44. The SMILES string of the molecule is CCCCCCCC/C=C\CCCCCCCCOCC(COP(=O)(O)OC1C(O)C(O)C(O)C(O)C1O)OC(=O)CCCCCCCCCCCC. The van der Waals surface area contributed by atoms with E-state index in [1.165, 1.54) is 96.3 Å². The molecule has 0 spiro atoms. The molecule has 0 aromatic carbocycles. The van der Waals surface area contributed by atoms with Crippen LogP contribution in [0.15, 0.2) is 12.2 Å². The maximum absolute atomic E-state index is 12.7. The predicted molar refractivity (Wildman–Crippen MR) is 207 cm³/mol. The first-order chi connectivity index (χ1) is 25.5. The molecule has 6 unspecified atom stereocenters. The summed E-state index contributed by atoms with van der Waals surface area (Å²) in [4.78, 5) is 23.0. The van der Waals surface area contributed by atoms with E-state index < -0.39 is 63.1 Å². The highest BCUT2D eigenvalue weighted by Crippen LogP contribution is 2.47. The lowest BCUT2D eigenvalue weighted by molar-refractivity contribution is -0.220. The third-order valence-electron chi connectivity index (χ3n) is 9.89. The van der Waals surface area contributed by atoms with E-state index in [1.54, 1.807) is 0 Å². The number of unbranched alkanes of at least 4 members (excludes halogenated alkanes) is 21. The number of aliphatic hydroxyl groups is 5. The Morgan fingerprint density at radius 1 is 0.585 bits per heavy atom. The summed E-state index contributed by atoms with van der Waals surface area (Å²) >= 11 is 0. The highest BCUT2D eigenvalue weighted by atomic mass is 31.2. The van der Waals surface area contributed by atoms with Crippen LogP contribution in [0.3, 0.4) is 0 Å². The van der Waals surface area contributed by atoms with Crippen molar-refractivity contribution in [1.82, 2.24) is 0 Å². The number of hydrogen-bond donors (Lipinski definition) is 6. The van der Waals surface area contributed by atoms with Gasteiger partial charge in [-0.2, -0.15) is 0 Å². The molecule has 1 aliphatic rings. The molecule has 0 aromatic heterocycles. The summed E-state index contributed by atoms with van der Waals surface area (Å²) in [5.74, 6) is -0.480. The minimum Gasteiger partial charge on any atom is -0.457 e. The quantitative estimate of drug-likeness (QED) is 0.0160. The number of aliphatic hydroxyl groups excluding tert-OH is 5. The molecule has 0 heterocycles. The van der Waals surface area contributed by atoms with E-state index in [0.29, 0.717) is 13.0 Å². The van der Waals surface area contributed by atoms with Crippen LogP contribution in [0.2, 0.25) is 0 Å². The summed E-state index contributed by atoms with van der Waals surface area (Å²) in [6.07, 6.45) is 20.1. The summed E-state index contributed by atoms with van der Waals surface area (Å²) in [5, 5.41) is 50.0. The number of phosphoric ester groups is 1. The minimum atomic E-state index is -5.01. The number of carbonyl (C=O) groups excluding carboxylic acids is 1. The van der Waals surface area contributed by atoms with Crippen LogP contribution in [-0.2, 0) is 27.9 Å². The Kier molecular flexibility index (Phi) is 30.4. The van der Waals surface area contributed by atoms with Crippen molar-refractivity contribution in [3.8, 4) is 0 Å². The normalized spacial score (nSPS) is 23.7. The standard InChI is InChI=1S/C40H77O12P/c1-3-5-7-9-11-13-15-16-17-18-19-20-22-24-26-28-30-49-31-33(51-34(41)29-27-25-23-21-14-12-10-8-6-4-2)32-50-53(47,48)52-40-38(45)36(43)35(42)37(44)39(40)46/h16-17,33,35-40,42-46H,3-15,18-32H2,1-2H3,(H,47,48)/b17-16-. The first-order valence-electron chi connectivity index (χ1n) is 21.0. The van der Waals surface area contributed by atoms with Gasteiger partial charge in [-0.3, -0.25) is 13.8 Å². The van der Waals surface area contributed by atoms with Crippen LogP contribution >= 0.6 is 7.82 Å². The monoisotopic (exact) mass is 781 g/mol. The molecule has 1 saturated carbocycles. The van der Waals surface area contributed by atoms with Gasteiger partial charge in [0.1, 0.15) is 42.7 Å². The second kappa shape index (κ2) is 32.2. The highest BCUT2D eigenvalue weighted by Gasteiger charge is 2.51. The highest BCUT2D eigenvalue weighted by molar-refractivity contribution is 7.47. The number of phosphoric acid groups is 1. The molecule has 0 aromatic rings. The molecule has 0 amide bonds. The van der Waals surface area contributed by atoms with Gasteiger partial charge >= 0.3 is 13.8 Å². The Labute approximate surface area is 320 Å².